The molecular formula is C17H16N2O. The van der Waals surface area contributed by atoms with Crippen molar-refractivity contribution in [3.05, 3.63) is 53.6 Å². The van der Waals surface area contributed by atoms with Crippen molar-refractivity contribution in [3.8, 4) is 0 Å². The lowest BCUT2D eigenvalue weighted by Gasteiger charge is -2.44. The SMILES string of the molecule is O=C1CC=C2C=C[C@H]3NCC[C@]34c3ccccc3N1[C@H]24. The van der Waals surface area contributed by atoms with E-state index in [4.69, 9.17) is 0 Å². The van der Waals surface area contributed by atoms with Crippen LogP contribution in [-0.2, 0) is 10.2 Å². The van der Waals surface area contributed by atoms with E-state index in [0.29, 0.717) is 12.5 Å². The highest BCUT2D eigenvalue weighted by Gasteiger charge is 2.60. The van der Waals surface area contributed by atoms with Gasteiger partial charge in [0, 0.05) is 23.6 Å². The fourth-order valence-corrected chi connectivity index (χ4v) is 4.72. The summed E-state index contributed by atoms with van der Waals surface area (Å²) in [4.78, 5) is 14.6. The first kappa shape index (κ1) is 10.9. The van der Waals surface area contributed by atoms with Crippen molar-refractivity contribution in [3.63, 3.8) is 0 Å². The molecule has 0 unspecified atom stereocenters. The summed E-state index contributed by atoms with van der Waals surface area (Å²) in [7, 11) is 0. The van der Waals surface area contributed by atoms with Crippen LogP contribution >= 0.6 is 0 Å². The molecule has 3 atom stereocenters. The van der Waals surface area contributed by atoms with Crippen molar-refractivity contribution in [2.75, 3.05) is 11.4 Å². The molecule has 0 radical (unpaired) electrons. The minimum Gasteiger partial charge on any atom is -0.310 e. The zero-order valence-corrected chi connectivity index (χ0v) is 11.2. The predicted octanol–water partition coefficient (Wildman–Crippen LogP) is 1.90. The zero-order valence-electron chi connectivity index (χ0n) is 11.2. The third-order valence-corrected chi connectivity index (χ3v) is 5.45. The molecule has 3 nitrogen and oxygen atoms in total. The first-order valence-electron chi connectivity index (χ1n) is 7.35. The summed E-state index contributed by atoms with van der Waals surface area (Å²) in [6, 6.07) is 9.03. The van der Waals surface area contributed by atoms with E-state index in [1.165, 1.54) is 11.1 Å². The number of hydrogen-bond donors (Lipinski definition) is 1. The maximum atomic E-state index is 12.5. The van der Waals surface area contributed by atoms with Crippen molar-refractivity contribution in [2.24, 2.45) is 0 Å². The second-order valence-electron chi connectivity index (χ2n) is 6.17. The fraction of sp³-hybridized carbons (Fsp3) is 0.353. The van der Waals surface area contributed by atoms with Crippen LogP contribution in [-0.4, -0.2) is 24.5 Å². The maximum absolute atomic E-state index is 12.5. The lowest BCUT2D eigenvalue weighted by molar-refractivity contribution is -0.118. The molecule has 3 heterocycles. The quantitative estimate of drug-likeness (QED) is 0.776. The van der Waals surface area contributed by atoms with Crippen LogP contribution < -0.4 is 10.2 Å². The van der Waals surface area contributed by atoms with Crippen LogP contribution in [0.3, 0.4) is 0 Å². The average Bonchev–Trinajstić information content (AvgIpc) is 3.04. The number of hydrogen-bond acceptors (Lipinski definition) is 2. The van der Waals surface area contributed by atoms with E-state index in [9.17, 15) is 4.79 Å². The van der Waals surface area contributed by atoms with Gasteiger partial charge in [0.25, 0.3) is 0 Å². The van der Waals surface area contributed by atoms with Crippen molar-refractivity contribution < 1.29 is 4.79 Å². The molecule has 1 aromatic rings. The molecule has 1 spiro atoms. The largest absolute Gasteiger partial charge is 0.310 e. The van der Waals surface area contributed by atoms with E-state index < -0.39 is 0 Å². The van der Waals surface area contributed by atoms with E-state index in [2.05, 4.69) is 46.6 Å². The Morgan fingerprint density at radius 2 is 2.20 bits per heavy atom. The van der Waals surface area contributed by atoms with E-state index in [1.807, 2.05) is 6.07 Å². The molecule has 4 aliphatic rings. The van der Waals surface area contributed by atoms with Gasteiger partial charge in [0.05, 0.1) is 6.04 Å². The van der Waals surface area contributed by atoms with E-state index in [-0.39, 0.29) is 17.4 Å². The second kappa shape index (κ2) is 3.41. The molecule has 0 aromatic heterocycles. The summed E-state index contributed by atoms with van der Waals surface area (Å²) < 4.78 is 0. The minimum absolute atomic E-state index is 0.0489. The molecular weight excluding hydrogens is 248 g/mol. The van der Waals surface area contributed by atoms with Crippen molar-refractivity contribution in [1.82, 2.24) is 5.32 Å². The Balaban J connectivity index is 1.87. The van der Waals surface area contributed by atoms with Crippen LogP contribution in [0.1, 0.15) is 18.4 Å². The monoisotopic (exact) mass is 264 g/mol. The molecule has 3 aliphatic heterocycles. The van der Waals surface area contributed by atoms with Gasteiger partial charge in [-0.15, -0.1) is 0 Å². The third kappa shape index (κ3) is 1.02. The number of anilines is 1. The lowest BCUT2D eigenvalue weighted by atomic mass is 9.65. The van der Waals surface area contributed by atoms with Crippen LogP contribution in [0.5, 0.6) is 0 Å². The molecule has 1 saturated heterocycles. The van der Waals surface area contributed by atoms with Gasteiger partial charge in [-0.05, 0) is 30.2 Å². The summed E-state index contributed by atoms with van der Waals surface area (Å²) in [6.07, 6.45) is 8.27. The molecule has 100 valence electrons. The Kier molecular flexibility index (Phi) is 1.85. The number of amides is 1. The maximum Gasteiger partial charge on any atom is 0.231 e. The van der Waals surface area contributed by atoms with Gasteiger partial charge < -0.3 is 10.2 Å². The number of carbonyl (C=O) groups is 1. The van der Waals surface area contributed by atoms with E-state index >= 15 is 0 Å². The van der Waals surface area contributed by atoms with Gasteiger partial charge in [0.1, 0.15) is 0 Å². The molecule has 1 aromatic carbocycles. The number of para-hydroxylation sites is 1. The molecule has 0 saturated carbocycles. The standard InChI is InChI=1S/C17H16N2O/c20-15-8-6-11-5-7-14-17(9-10-18-14)12-3-1-2-4-13(12)19(15)16(11)17/h1-7,14,16,18H,8-10H2/t14-,16-,17+/m1/s1. The normalized spacial score (nSPS) is 36.5. The topological polar surface area (TPSA) is 32.3 Å². The van der Waals surface area contributed by atoms with E-state index in [1.54, 1.807) is 0 Å². The number of nitrogens with zero attached hydrogens (tertiary/aromatic N) is 1. The third-order valence-electron chi connectivity index (χ3n) is 5.45. The summed E-state index contributed by atoms with van der Waals surface area (Å²) in [5.41, 5.74) is 3.85. The Labute approximate surface area is 118 Å². The van der Waals surface area contributed by atoms with Gasteiger partial charge in [0.2, 0.25) is 5.91 Å². The molecule has 5 rings (SSSR count). The summed E-state index contributed by atoms with van der Waals surface area (Å²) in [5, 5.41) is 3.61. The highest BCUT2D eigenvalue weighted by atomic mass is 16.2. The number of fused-ring (bicyclic) bond motifs is 2. The fourth-order valence-electron chi connectivity index (χ4n) is 4.72. The second-order valence-corrected chi connectivity index (χ2v) is 6.17. The molecule has 1 fully saturated rings. The number of rotatable bonds is 0. The minimum atomic E-state index is 0.0489. The molecule has 1 N–H and O–H groups in total. The van der Waals surface area contributed by atoms with Crippen LogP contribution in [0.25, 0.3) is 0 Å². The van der Waals surface area contributed by atoms with Gasteiger partial charge in [-0.2, -0.15) is 0 Å². The number of carbonyl (C=O) groups excluding carboxylic acids is 1. The molecule has 0 bridgehead atoms. The highest BCUT2D eigenvalue weighted by Crippen LogP contribution is 2.56. The van der Waals surface area contributed by atoms with Gasteiger partial charge in [0.15, 0.2) is 0 Å². The van der Waals surface area contributed by atoms with Gasteiger partial charge >= 0.3 is 0 Å². The molecule has 1 aliphatic carbocycles. The molecule has 3 heteroatoms. The Morgan fingerprint density at radius 1 is 1.30 bits per heavy atom. The van der Waals surface area contributed by atoms with Crippen LogP contribution in [0.2, 0.25) is 0 Å². The number of nitrogens with one attached hydrogen (secondary N) is 1. The smallest absolute Gasteiger partial charge is 0.231 e. The van der Waals surface area contributed by atoms with Gasteiger partial charge in [-0.25, -0.2) is 0 Å². The predicted molar refractivity (Wildman–Crippen MR) is 77.6 cm³/mol. The van der Waals surface area contributed by atoms with Crippen LogP contribution in [0, 0.1) is 0 Å². The molecule has 1 amide bonds. The average molecular weight is 264 g/mol. The van der Waals surface area contributed by atoms with Crippen molar-refractivity contribution >= 4 is 11.6 Å². The van der Waals surface area contributed by atoms with Gasteiger partial charge in [-0.1, -0.05) is 36.4 Å². The first-order chi connectivity index (χ1) is 9.82. The summed E-state index contributed by atoms with van der Waals surface area (Å²) in [6.45, 7) is 1.02. The van der Waals surface area contributed by atoms with Crippen LogP contribution in [0.15, 0.2) is 48.1 Å². The van der Waals surface area contributed by atoms with E-state index in [0.717, 1.165) is 18.7 Å². The Morgan fingerprint density at radius 3 is 3.15 bits per heavy atom. The zero-order chi connectivity index (χ0) is 13.3. The van der Waals surface area contributed by atoms with Crippen molar-refractivity contribution in [2.45, 2.75) is 30.3 Å². The Bertz CT molecular complexity index is 690. The lowest BCUT2D eigenvalue weighted by Crippen LogP contribution is -2.56. The van der Waals surface area contributed by atoms with Crippen LogP contribution in [0.4, 0.5) is 5.69 Å². The molecule has 20 heavy (non-hydrogen) atoms. The van der Waals surface area contributed by atoms with Gasteiger partial charge in [-0.3, -0.25) is 4.79 Å². The first-order valence-corrected chi connectivity index (χ1v) is 7.35. The summed E-state index contributed by atoms with van der Waals surface area (Å²) >= 11 is 0. The Hall–Kier alpha value is -1.87. The number of benzene rings is 1. The summed E-state index contributed by atoms with van der Waals surface area (Å²) in [5.74, 6) is 0.240. The van der Waals surface area contributed by atoms with Crippen molar-refractivity contribution in [1.29, 1.82) is 0 Å². The highest BCUT2D eigenvalue weighted by molar-refractivity contribution is 6.01.